The molecule has 0 spiro atoms. The van der Waals surface area contributed by atoms with Crippen LogP contribution in [0.2, 0.25) is 0 Å². The number of halogens is 1. The van der Waals surface area contributed by atoms with Crippen molar-refractivity contribution in [3.63, 3.8) is 0 Å². The lowest BCUT2D eigenvalue weighted by atomic mass is 9.96. The van der Waals surface area contributed by atoms with E-state index in [4.69, 9.17) is 9.15 Å². The molecule has 0 radical (unpaired) electrons. The fourth-order valence-corrected chi connectivity index (χ4v) is 4.90. The summed E-state index contributed by atoms with van der Waals surface area (Å²) in [6.45, 7) is 14.0. The summed E-state index contributed by atoms with van der Waals surface area (Å²) in [6.07, 6.45) is 0.231. The lowest BCUT2D eigenvalue weighted by Crippen LogP contribution is -2.48. The van der Waals surface area contributed by atoms with E-state index in [0.29, 0.717) is 5.96 Å². The molecule has 7 nitrogen and oxygen atoms in total. The second-order valence-corrected chi connectivity index (χ2v) is 9.36. The largest absolute Gasteiger partial charge is 0.466 e. The van der Waals surface area contributed by atoms with E-state index in [1.807, 2.05) is 26.8 Å². The molecule has 1 fully saturated rings. The first kappa shape index (κ1) is 27.1. The molecule has 1 saturated heterocycles. The zero-order chi connectivity index (χ0) is 22.4. The number of thiophene rings is 1. The zero-order valence-electron chi connectivity index (χ0n) is 19.7. The maximum absolute atomic E-state index is 11.0. The van der Waals surface area contributed by atoms with Crippen molar-refractivity contribution in [1.82, 2.24) is 15.5 Å². The number of guanidine groups is 1. The number of rotatable bonds is 8. The number of aliphatic imine (C=N–C) groups is 1. The van der Waals surface area contributed by atoms with Crippen molar-refractivity contribution >= 4 is 41.3 Å². The van der Waals surface area contributed by atoms with Gasteiger partial charge in [0.05, 0.1) is 25.3 Å². The fourth-order valence-electron chi connectivity index (χ4n) is 4.04. The topological polar surface area (TPSA) is 82.3 Å². The van der Waals surface area contributed by atoms with Crippen LogP contribution in [0.5, 0.6) is 0 Å². The SMILES string of the molecule is CCNC(=NCC(C)(O)c1cc(C)oc1C)NCC(c1cccs1)N1CCOC(C)C1.I. The van der Waals surface area contributed by atoms with E-state index in [2.05, 4.69) is 45.0 Å². The van der Waals surface area contributed by atoms with Crippen LogP contribution in [-0.4, -0.2) is 61.4 Å². The Morgan fingerprint density at radius 3 is 2.78 bits per heavy atom. The van der Waals surface area contributed by atoms with Crippen LogP contribution in [0.1, 0.15) is 48.8 Å². The highest BCUT2D eigenvalue weighted by Crippen LogP contribution is 2.28. The van der Waals surface area contributed by atoms with Gasteiger partial charge in [-0.15, -0.1) is 35.3 Å². The molecule has 0 aliphatic carbocycles. The van der Waals surface area contributed by atoms with Crippen LogP contribution < -0.4 is 10.6 Å². The Bertz CT molecular complexity index is 854. The lowest BCUT2D eigenvalue weighted by molar-refractivity contribution is -0.0334. The highest BCUT2D eigenvalue weighted by atomic mass is 127. The monoisotopic (exact) mass is 576 g/mol. The highest BCUT2D eigenvalue weighted by molar-refractivity contribution is 14.0. The average Bonchev–Trinajstić information content (AvgIpc) is 3.36. The van der Waals surface area contributed by atoms with Crippen LogP contribution in [0.4, 0.5) is 0 Å². The van der Waals surface area contributed by atoms with Gasteiger partial charge in [0.15, 0.2) is 5.96 Å². The van der Waals surface area contributed by atoms with E-state index in [1.165, 1.54) is 4.88 Å². The maximum Gasteiger partial charge on any atom is 0.191 e. The van der Waals surface area contributed by atoms with Gasteiger partial charge in [0.25, 0.3) is 0 Å². The van der Waals surface area contributed by atoms with Crippen LogP contribution in [-0.2, 0) is 10.3 Å². The van der Waals surface area contributed by atoms with Gasteiger partial charge in [-0.25, -0.2) is 4.99 Å². The van der Waals surface area contributed by atoms with Gasteiger partial charge in [-0.1, -0.05) is 6.07 Å². The first-order chi connectivity index (χ1) is 14.8. The number of aliphatic hydroxyl groups is 1. The van der Waals surface area contributed by atoms with Crippen LogP contribution in [0, 0.1) is 13.8 Å². The summed E-state index contributed by atoms with van der Waals surface area (Å²) in [7, 11) is 0. The van der Waals surface area contributed by atoms with Crippen LogP contribution in [0.25, 0.3) is 0 Å². The number of hydrogen-bond donors (Lipinski definition) is 3. The molecule has 180 valence electrons. The minimum absolute atomic E-state index is 0. The third-order valence-electron chi connectivity index (χ3n) is 5.56. The van der Waals surface area contributed by atoms with Crippen molar-refractivity contribution in [3.8, 4) is 0 Å². The Hall–Kier alpha value is -1.14. The van der Waals surface area contributed by atoms with Crippen molar-refractivity contribution in [2.75, 3.05) is 39.3 Å². The molecule has 2 aromatic heterocycles. The molecule has 1 aliphatic rings. The molecule has 2 aromatic rings. The first-order valence-corrected chi connectivity index (χ1v) is 11.9. The maximum atomic E-state index is 11.0. The summed E-state index contributed by atoms with van der Waals surface area (Å²) in [4.78, 5) is 8.49. The molecular weight excluding hydrogens is 539 g/mol. The van der Waals surface area contributed by atoms with E-state index >= 15 is 0 Å². The van der Waals surface area contributed by atoms with Gasteiger partial charge < -0.3 is 24.9 Å². The number of nitrogens with zero attached hydrogens (tertiary/aromatic N) is 2. The molecule has 0 bridgehead atoms. The van der Waals surface area contributed by atoms with Gasteiger partial charge in [0.2, 0.25) is 0 Å². The predicted octanol–water partition coefficient (Wildman–Crippen LogP) is 3.80. The predicted molar refractivity (Wildman–Crippen MR) is 141 cm³/mol. The molecule has 0 saturated carbocycles. The Kier molecular flexibility index (Phi) is 10.5. The van der Waals surface area contributed by atoms with E-state index in [1.54, 1.807) is 18.3 Å². The van der Waals surface area contributed by atoms with Gasteiger partial charge in [0, 0.05) is 36.6 Å². The van der Waals surface area contributed by atoms with Gasteiger partial charge in [0.1, 0.15) is 17.1 Å². The molecule has 9 heteroatoms. The molecule has 3 N–H and O–H groups in total. The molecule has 3 unspecified atom stereocenters. The summed E-state index contributed by atoms with van der Waals surface area (Å²) in [5, 5.41) is 19.9. The minimum atomic E-state index is -1.10. The van der Waals surface area contributed by atoms with Crippen LogP contribution >= 0.6 is 35.3 Å². The molecule has 3 heterocycles. The smallest absolute Gasteiger partial charge is 0.191 e. The molecule has 3 rings (SSSR count). The van der Waals surface area contributed by atoms with Crippen molar-refractivity contribution < 1.29 is 14.3 Å². The average molecular weight is 577 g/mol. The number of morpholine rings is 1. The highest BCUT2D eigenvalue weighted by Gasteiger charge is 2.29. The Morgan fingerprint density at radius 1 is 1.41 bits per heavy atom. The van der Waals surface area contributed by atoms with E-state index in [-0.39, 0.29) is 42.7 Å². The van der Waals surface area contributed by atoms with Crippen molar-refractivity contribution in [1.29, 1.82) is 0 Å². The minimum Gasteiger partial charge on any atom is -0.466 e. The molecule has 0 aromatic carbocycles. The number of hydrogen-bond acceptors (Lipinski definition) is 6. The molecule has 1 aliphatic heterocycles. The van der Waals surface area contributed by atoms with Gasteiger partial charge in [-0.2, -0.15) is 0 Å². The summed E-state index contributed by atoms with van der Waals surface area (Å²) < 4.78 is 11.3. The summed E-state index contributed by atoms with van der Waals surface area (Å²) in [5.74, 6) is 2.22. The Labute approximate surface area is 212 Å². The summed E-state index contributed by atoms with van der Waals surface area (Å²) in [5.41, 5.74) is -0.319. The first-order valence-electron chi connectivity index (χ1n) is 11.0. The lowest BCUT2D eigenvalue weighted by Gasteiger charge is -2.37. The van der Waals surface area contributed by atoms with Gasteiger partial charge in [-0.05, 0) is 52.1 Å². The van der Waals surface area contributed by atoms with Crippen LogP contribution in [0.15, 0.2) is 33.0 Å². The van der Waals surface area contributed by atoms with Gasteiger partial charge >= 0.3 is 0 Å². The second-order valence-electron chi connectivity index (χ2n) is 8.38. The normalized spacial score (nSPS) is 20.3. The summed E-state index contributed by atoms with van der Waals surface area (Å²) >= 11 is 1.78. The molecule has 32 heavy (non-hydrogen) atoms. The number of nitrogens with one attached hydrogen (secondary N) is 2. The number of furan rings is 1. The van der Waals surface area contributed by atoms with Gasteiger partial charge in [-0.3, -0.25) is 4.90 Å². The van der Waals surface area contributed by atoms with Crippen molar-refractivity contribution in [2.45, 2.75) is 52.4 Å². The third-order valence-corrected chi connectivity index (χ3v) is 6.53. The third kappa shape index (κ3) is 7.18. The Balaban J connectivity index is 0.00000363. The quantitative estimate of drug-likeness (QED) is 0.252. The standard InChI is InChI=1S/C23H36N4O3S.HI/c1-6-24-22(26-15-23(5,28)19-12-16(2)30-18(19)4)25-13-20(21-8-7-11-31-21)27-9-10-29-17(3)14-27;/h7-8,11-12,17,20,28H,6,9-10,13-15H2,1-5H3,(H2,24,25,26);1H. The zero-order valence-corrected chi connectivity index (χ0v) is 22.8. The van der Waals surface area contributed by atoms with E-state index in [9.17, 15) is 5.11 Å². The second kappa shape index (κ2) is 12.4. The van der Waals surface area contributed by atoms with E-state index in [0.717, 1.165) is 49.9 Å². The van der Waals surface area contributed by atoms with Crippen molar-refractivity contribution in [2.24, 2.45) is 4.99 Å². The van der Waals surface area contributed by atoms with E-state index < -0.39 is 5.60 Å². The molecule has 0 amide bonds. The van der Waals surface area contributed by atoms with Crippen LogP contribution in [0.3, 0.4) is 0 Å². The van der Waals surface area contributed by atoms with Crippen molar-refractivity contribution in [3.05, 3.63) is 45.5 Å². The fraction of sp³-hybridized carbons (Fsp3) is 0.609. The molecular formula is C23H37IN4O3S. The molecule has 3 atom stereocenters. The number of ether oxygens (including phenoxy) is 1. The Morgan fingerprint density at radius 2 is 2.19 bits per heavy atom. The number of aryl methyl sites for hydroxylation is 2. The summed E-state index contributed by atoms with van der Waals surface area (Å²) in [6, 6.07) is 6.42.